The fourth-order valence-electron chi connectivity index (χ4n) is 1.38. The van der Waals surface area contributed by atoms with E-state index in [1.807, 2.05) is 13.8 Å². The molecule has 5 heteroatoms. The molecule has 0 aliphatic carbocycles. The van der Waals surface area contributed by atoms with Gasteiger partial charge >= 0.3 is 5.97 Å². The van der Waals surface area contributed by atoms with Crippen LogP contribution in [0.25, 0.3) is 0 Å². The van der Waals surface area contributed by atoms with Crippen LogP contribution in [-0.2, 0) is 14.3 Å². The number of amides is 1. The smallest absolute Gasteiger partial charge is 0.337 e. The molecular weight excluding hydrogens is 234 g/mol. The number of methoxy groups -OCH3 is 1. The average Bonchev–Trinajstić information content (AvgIpc) is 2.38. The van der Waals surface area contributed by atoms with Gasteiger partial charge in [0, 0.05) is 12.3 Å². The van der Waals surface area contributed by atoms with Crippen LogP contribution in [0.1, 0.15) is 22.8 Å². The Kier molecular flexibility index (Phi) is 5.32. The van der Waals surface area contributed by atoms with E-state index in [9.17, 15) is 9.59 Å². The van der Waals surface area contributed by atoms with Crippen molar-refractivity contribution in [3.8, 4) is 0 Å². The number of anilines is 1. The summed E-state index contributed by atoms with van der Waals surface area (Å²) in [5, 5.41) is 2.69. The molecule has 0 radical (unpaired) electrons. The summed E-state index contributed by atoms with van der Waals surface area (Å²) in [7, 11) is 1.32. The van der Waals surface area contributed by atoms with E-state index in [0.717, 1.165) is 5.56 Å². The first-order chi connectivity index (χ1) is 8.58. The zero-order chi connectivity index (χ0) is 13.5. The summed E-state index contributed by atoms with van der Waals surface area (Å²) >= 11 is 0. The third-order valence-electron chi connectivity index (χ3n) is 2.37. The van der Waals surface area contributed by atoms with E-state index in [4.69, 9.17) is 4.74 Å². The number of nitrogens with one attached hydrogen (secondary N) is 1. The predicted molar refractivity (Wildman–Crippen MR) is 67.6 cm³/mol. The first kappa shape index (κ1) is 14.2. The monoisotopic (exact) mass is 251 g/mol. The highest BCUT2D eigenvalue weighted by molar-refractivity contribution is 5.95. The van der Waals surface area contributed by atoms with E-state index in [2.05, 4.69) is 10.1 Å². The van der Waals surface area contributed by atoms with Crippen LogP contribution < -0.4 is 5.32 Å². The van der Waals surface area contributed by atoms with Crippen LogP contribution >= 0.6 is 0 Å². The first-order valence-electron chi connectivity index (χ1n) is 5.65. The highest BCUT2D eigenvalue weighted by Gasteiger charge is 2.10. The minimum atomic E-state index is -0.435. The highest BCUT2D eigenvalue weighted by atomic mass is 16.5. The Morgan fingerprint density at radius 2 is 2.06 bits per heavy atom. The van der Waals surface area contributed by atoms with Crippen molar-refractivity contribution in [3.05, 3.63) is 29.3 Å². The van der Waals surface area contributed by atoms with Gasteiger partial charge in [0.2, 0.25) is 5.91 Å². The third-order valence-corrected chi connectivity index (χ3v) is 2.37. The van der Waals surface area contributed by atoms with Gasteiger partial charge in [-0.1, -0.05) is 6.07 Å². The zero-order valence-corrected chi connectivity index (χ0v) is 10.8. The second-order valence-corrected chi connectivity index (χ2v) is 3.71. The molecule has 1 amide bonds. The van der Waals surface area contributed by atoms with Crippen LogP contribution in [0.2, 0.25) is 0 Å². The van der Waals surface area contributed by atoms with Crippen molar-refractivity contribution in [2.24, 2.45) is 0 Å². The molecule has 1 N–H and O–H groups in total. The maximum atomic E-state index is 11.5. The normalized spacial score (nSPS) is 9.94. The lowest BCUT2D eigenvalue weighted by molar-refractivity contribution is -0.120. The summed E-state index contributed by atoms with van der Waals surface area (Å²) < 4.78 is 9.63. The van der Waals surface area contributed by atoms with Crippen LogP contribution in [0.4, 0.5) is 5.69 Å². The fourth-order valence-corrected chi connectivity index (χ4v) is 1.38. The highest BCUT2D eigenvalue weighted by Crippen LogP contribution is 2.17. The number of hydrogen-bond acceptors (Lipinski definition) is 4. The Morgan fingerprint density at radius 1 is 1.33 bits per heavy atom. The SMILES string of the molecule is CCOCC(=O)Nc1cc(C(=O)OC)ccc1C. The molecule has 0 aliphatic heterocycles. The molecular formula is C13H17NO4. The molecule has 0 aliphatic rings. The van der Waals surface area contributed by atoms with Crippen molar-refractivity contribution < 1.29 is 19.1 Å². The molecule has 0 spiro atoms. The van der Waals surface area contributed by atoms with E-state index in [-0.39, 0.29) is 12.5 Å². The van der Waals surface area contributed by atoms with Crippen LogP contribution in [0.5, 0.6) is 0 Å². The van der Waals surface area contributed by atoms with Gasteiger partial charge in [-0.2, -0.15) is 0 Å². The molecule has 0 heterocycles. The molecule has 18 heavy (non-hydrogen) atoms. The van der Waals surface area contributed by atoms with Gasteiger partial charge in [-0.15, -0.1) is 0 Å². The molecule has 98 valence electrons. The van der Waals surface area contributed by atoms with Crippen molar-refractivity contribution in [2.75, 3.05) is 25.6 Å². The second-order valence-electron chi connectivity index (χ2n) is 3.71. The summed E-state index contributed by atoms with van der Waals surface area (Å²) in [6.07, 6.45) is 0. The molecule has 0 bridgehead atoms. The topological polar surface area (TPSA) is 64.6 Å². The van der Waals surface area contributed by atoms with E-state index in [1.54, 1.807) is 18.2 Å². The summed E-state index contributed by atoms with van der Waals surface area (Å²) in [5.41, 5.74) is 1.85. The largest absolute Gasteiger partial charge is 0.465 e. The average molecular weight is 251 g/mol. The Labute approximate surface area is 106 Å². The lowest BCUT2D eigenvalue weighted by atomic mass is 10.1. The predicted octanol–water partition coefficient (Wildman–Crippen LogP) is 1.76. The number of aryl methyl sites for hydroxylation is 1. The minimum absolute atomic E-state index is 0.00160. The lowest BCUT2D eigenvalue weighted by Gasteiger charge is -2.09. The maximum Gasteiger partial charge on any atom is 0.337 e. The van der Waals surface area contributed by atoms with Crippen molar-refractivity contribution in [2.45, 2.75) is 13.8 Å². The van der Waals surface area contributed by atoms with Crippen molar-refractivity contribution in [1.29, 1.82) is 0 Å². The standard InChI is InChI=1S/C13H17NO4/c1-4-18-8-12(15)14-11-7-10(13(16)17-3)6-5-9(11)2/h5-7H,4,8H2,1-3H3,(H,14,15). The number of carbonyl (C=O) groups is 2. The van der Waals surface area contributed by atoms with Crippen LogP contribution in [0, 0.1) is 6.92 Å². The summed E-state index contributed by atoms with van der Waals surface area (Å²) in [4.78, 5) is 22.9. The molecule has 0 atom stereocenters. The fraction of sp³-hybridized carbons (Fsp3) is 0.385. The number of ether oxygens (including phenoxy) is 2. The van der Waals surface area contributed by atoms with Gasteiger partial charge in [0.05, 0.1) is 12.7 Å². The molecule has 1 aromatic rings. The van der Waals surface area contributed by atoms with E-state index in [1.165, 1.54) is 7.11 Å². The number of rotatable bonds is 5. The van der Waals surface area contributed by atoms with Gasteiger partial charge in [0.15, 0.2) is 0 Å². The first-order valence-corrected chi connectivity index (χ1v) is 5.65. The van der Waals surface area contributed by atoms with E-state index in [0.29, 0.717) is 17.9 Å². The summed E-state index contributed by atoms with van der Waals surface area (Å²) in [6, 6.07) is 4.99. The van der Waals surface area contributed by atoms with Crippen molar-refractivity contribution >= 4 is 17.6 Å². The summed E-state index contributed by atoms with van der Waals surface area (Å²) in [5.74, 6) is -0.683. The Morgan fingerprint density at radius 3 is 2.67 bits per heavy atom. The van der Waals surface area contributed by atoms with E-state index < -0.39 is 5.97 Å². The molecule has 0 saturated heterocycles. The maximum absolute atomic E-state index is 11.5. The minimum Gasteiger partial charge on any atom is -0.465 e. The summed E-state index contributed by atoms with van der Waals surface area (Å²) in [6.45, 7) is 4.14. The second kappa shape index (κ2) is 6.76. The quantitative estimate of drug-likeness (QED) is 0.810. The number of esters is 1. The Bertz CT molecular complexity index is 443. The zero-order valence-electron chi connectivity index (χ0n) is 10.8. The van der Waals surface area contributed by atoms with Gasteiger partial charge in [-0.3, -0.25) is 4.79 Å². The van der Waals surface area contributed by atoms with Gasteiger partial charge in [-0.25, -0.2) is 4.79 Å². The molecule has 1 aromatic carbocycles. The van der Waals surface area contributed by atoms with Crippen molar-refractivity contribution in [1.82, 2.24) is 0 Å². The third kappa shape index (κ3) is 3.85. The molecule has 0 unspecified atom stereocenters. The lowest BCUT2D eigenvalue weighted by Crippen LogP contribution is -2.19. The van der Waals surface area contributed by atoms with Crippen LogP contribution in [0.15, 0.2) is 18.2 Å². The Balaban J connectivity index is 2.81. The molecule has 0 aromatic heterocycles. The van der Waals surface area contributed by atoms with Crippen molar-refractivity contribution in [3.63, 3.8) is 0 Å². The Hall–Kier alpha value is -1.88. The van der Waals surface area contributed by atoms with Gasteiger partial charge in [0.1, 0.15) is 6.61 Å². The van der Waals surface area contributed by atoms with Gasteiger partial charge in [0.25, 0.3) is 0 Å². The molecule has 5 nitrogen and oxygen atoms in total. The van der Waals surface area contributed by atoms with Gasteiger partial charge in [-0.05, 0) is 31.5 Å². The molecule has 0 saturated carbocycles. The van der Waals surface area contributed by atoms with Crippen LogP contribution in [-0.4, -0.2) is 32.2 Å². The van der Waals surface area contributed by atoms with E-state index >= 15 is 0 Å². The number of carbonyl (C=O) groups excluding carboxylic acids is 2. The number of hydrogen-bond donors (Lipinski definition) is 1. The molecule has 1 rings (SSSR count). The van der Waals surface area contributed by atoms with Gasteiger partial charge < -0.3 is 14.8 Å². The molecule has 0 fully saturated rings. The number of benzene rings is 1. The van der Waals surface area contributed by atoms with Crippen LogP contribution in [0.3, 0.4) is 0 Å².